The van der Waals surface area contributed by atoms with Crippen LogP contribution in [0, 0.1) is 6.92 Å². The largest absolute Gasteiger partial charge is 0.486 e. The first kappa shape index (κ1) is 12.1. The van der Waals surface area contributed by atoms with Crippen LogP contribution in [0.3, 0.4) is 0 Å². The van der Waals surface area contributed by atoms with Crippen molar-refractivity contribution in [3.63, 3.8) is 0 Å². The fourth-order valence-corrected chi connectivity index (χ4v) is 2.67. The van der Waals surface area contributed by atoms with Gasteiger partial charge in [-0.15, -0.1) is 16.4 Å². The summed E-state index contributed by atoms with van der Waals surface area (Å²) in [5.41, 5.74) is 7.77. The molecule has 0 bridgehead atoms. The summed E-state index contributed by atoms with van der Waals surface area (Å²) in [6, 6.07) is 7.92. The highest BCUT2D eigenvalue weighted by Crippen LogP contribution is 2.16. The Hall–Kier alpha value is -1.92. The number of benzene rings is 1. The third kappa shape index (κ3) is 2.45. The molecule has 0 saturated carbocycles. The van der Waals surface area contributed by atoms with Gasteiger partial charge in [-0.2, -0.15) is 4.98 Å². The molecule has 0 aliphatic carbocycles. The van der Waals surface area contributed by atoms with Crippen molar-refractivity contribution in [2.24, 2.45) is 5.73 Å². The molecule has 1 aromatic carbocycles. The van der Waals surface area contributed by atoms with Crippen molar-refractivity contribution in [2.75, 3.05) is 0 Å². The lowest BCUT2D eigenvalue weighted by Gasteiger charge is -2.03. The Morgan fingerprint density at radius 2 is 2.32 bits per heavy atom. The van der Waals surface area contributed by atoms with Crippen molar-refractivity contribution in [1.29, 1.82) is 0 Å². The standard InChI is InChI=1S/C13H14N4OS/c1-9-3-2-4-11(5-9)18-7-12-15-13-17(16-12)10(6-14)8-19-13/h2-5,8H,6-7,14H2,1H3. The second-order valence-corrected chi connectivity index (χ2v) is 5.10. The summed E-state index contributed by atoms with van der Waals surface area (Å²) in [5, 5.41) is 6.36. The van der Waals surface area contributed by atoms with E-state index >= 15 is 0 Å². The van der Waals surface area contributed by atoms with Crippen LogP contribution in [-0.2, 0) is 13.2 Å². The second kappa shape index (κ2) is 4.99. The Balaban J connectivity index is 1.76. The van der Waals surface area contributed by atoms with E-state index in [-0.39, 0.29) is 0 Å². The number of nitrogens with zero attached hydrogens (tertiary/aromatic N) is 3. The quantitative estimate of drug-likeness (QED) is 0.791. The maximum absolute atomic E-state index is 5.68. The second-order valence-electron chi connectivity index (χ2n) is 4.26. The first-order valence-electron chi connectivity index (χ1n) is 5.98. The van der Waals surface area contributed by atoms with Gasteiger partial charge in [0.25, 0.3) is 0 Å². The zero-order chi connectivity index (χ0) is 13.2. The normalized spacial score (nSPS) is 11.1. The SMILES string of the molecule is Cc1cccc(OCc2nc3scc(CN)n3n2)c1. The van der Waals surface area contributed by atoms with Crippen molar-refractivity contribution in [1.82, 2.24) is 14.6 Å². The van der Waals surface area contributed by atoms with E-state index in [9.17, 15) is 0 Å². The van der Waals surface area contributed by atoms with Crippen LogP contribution in [0.25, 0.3) is 4.96 Å². The molecule has 2 aromatic heterocycles. The molecule has 3 aromatic rings. The average molecular weight is 274 g/mol. The van der Waals surface area contributed by atoms with Gasteiger partial charge in [0.2, 0.25) is 4.96 Å². The third-order valence-corrected chi connectivity index (χ3v) is 3.63. The molecule has 0 aliphatic rings. The summed E-state index contributed by atoms with van der Waals surface area (Å²) in [7, 11) is 0. The van der Waals surface area contributed by atoms with E-state index in [1.165, 1.54) is 16.9 Å². The van der Waals surface area contributed by atoms with Crippen LogP contribution in [0.2, 0.25) is 0 Å². The Morgan fingerprint density at radius 3 is 3.11 bits per heavy atom. The molecule has 19 heavy (non-hydrogen) atoms. The van der Waals surface area contributed by atoms with E-state index in [1.807, 2.05) is 36.6 Å². The van der Waals surface area contributed by atoms with Crippen LogP contribution < -0.4 is 10.5 Å². The summed E-state index contributed by atoms with van der Waals surface area (Å²) in [6.45, 7) is 2.86. The number of hydrogen-bond donors (Lipinski definition) is 1. The fourth-order valence-electron chi connectivity index (χ4n) is 1.82. The van der Waals surface area contributed by atoms with Crippen LogP contribution in [0.15, 0.2) is 29.6 Å². The van der Waals surface area contributed by atoms with Gasteiger partial charge in [-0.3, -0.25) is 0 Å². The molecule has 0 radical (unpaired) electrons. The molecule has 5 nitrogen and oxygen atoms in total. The van der Waals surface area contributed by atoms with Crippen LogP contribution in [0.5, 0.6) is 5.75 Å². The van der Waals surface area contributed by atoms with E-state index in [4.69, 9.17) is 10.5 Å². The van der Waals surface area contributed by atoms with Gasteiger partial charge in [-0.1, -0.05) is 12.1 Å². The van der Waals surface area contributed by atoms with Crippen molar-refractivity contribution < 1.29 is 4.74 Å². The zero-order valence-corrected chi connectivity index (χ0v) is 11.4. The Labute approximate surface area is 114 Å². The number of aromatic nitrogens is 3. The van der Waals surface area contributed by atoms with Crippen molar-refractivity contribution in [3.8, 4) is 5.75 Å². The molecule has 6 heteroatoms. The third-order valence-electron chi connectivity index (χ3n) is 2.76. The summed E-state index contributed by atoms with van der Waals surface area (Å²) in [5.74, 6) is 1.50. The number of nitrogens with two attached hydrogens (primary N) is 1. The van der Waals surface area contributed by atoms with E-state index < -0.39 is 0 Å². The molecule has 0 amide bonds. The lowest BCUT2D eigenvalue weighted by atomic mass is 10.2. The number of aryl methyl sites for hydroxylation is 1. The van der Waals surface area contributed by atoms with Gasteiger partial charge in [0, 0.05) is 11.9 Å². The molecule has 0 spiro atoms. The number of rotatable bonds is 4. The highest BCUT2D eigenvalue weighted by Gasteiger charge is 2.09. The molecule has 2 heterocycles. The minimum atomic E-state index is 0.363. The van der Waals surface area contributed by atoms with Crippen molar-refractivity contribution in [3.05, 3.63) is 46.7 Å². The van der Waals surface area contributed by atoms with Crippen LogP contribution in [0.4, 0.5) is 0 Å². The lowest BCUT2D eigenvalue weighted by Crippen LogP contribution is -2.02. The number of fused-ring (bicyclic) bond motifs is 1. The molecule has 0 saturated heterocycles. The molecule has 0 atom stereocenters. The van der Waals surface area contributed by atoms with Gasteiger partial charge >= 0.3 is 0 Å². The Morgan fingerprint density at radius 1 is 1.42 bits per heavy atom. The fraction of sp³-hybridized carbons (Fsp3) is 0.231. The zero-order valence-electron chi connectivity index (χ0n) is 10.5. The monoisotopic (exact) mass is 274 g/mol. The molecule has 2 N–H and O–H groups in total. The highest BCUT2D eigenvalue weighted by molar-refractivity contribution is 7.15. The van der Waals surface area contributed by atoms with Crippen LogP contribution in [-0.4, -0.2) is 14.6 Å². The first-order valence-corrected chi connectivity index (χ1v) is 6.86. The smallest absolute Gasteiger partial charge is 0.212 e. The van der Waals surface area contributed by atoms with Gasteiger partial charge in [0.05, 0.1) is 5.69 Å². The minimum Gasteiger partial charge on any atom is -0.486 e. The molecule has 98 valence electrons. The number of ether oxygens (including phenoxy) is 1. The molecule has 0 unspecified atom stereocenters. The minimum absolute atomic E-state index is 0.363. The molecule has 0 fully saturated rings. The van der Waals surface area contributed by atoms with Gasteiger partial charge in [0.1, 0.15) is 12.4 Å². The van der Waals surface area contributed by atoms with Crippen molar-refractivity contribution in [2.45, 2.75) is 20.1 Å². The lowest BCUT2D eigenvalue weighted by molar-refractivity contribution is 0.296. The topological polar surface area (TPSA) is 65.4 Å². The van der Waals surface area contributed by atoms with Gasteiger partial charge in [0.15, 0.2) is 5.82 Å². The summed E-state index contributed by atoms with van der Waals surface area (Å²) in [6.07, 6.45) is 0. The maximum Gasteiger partial charge on any atom is 0.212 e. The van der Waals surface area contributed by atoms with E-state index in [0.717, 1.165) is 16.4 Å². The van der Waals surface area contributed by atoms with E-state index in [1.54, 1.807) is 4.52 Å². The molecular weight excluding hydrogens is 260 g/mol. The van der Waals surface area contributed by atoms with Crippen molar-refractivity contribution >= 4 is 16.3 Å². The van der Waals surface area contributed by atoms with Gasteiger partial charge < -0.3 is 10.5 Å². The maximum atomic E-state index is 5.68. The first-order chi connectivity index (χ1) is 9.26. The van der Waals surface area contributed by atoms with Crippen LogP contribution in [0.1, 0.15) is 17.1 Å². The molecule has 3 rings (SSSR count). The summed E-state index contributed by atoms with van der Waals surface area (Å²) >= 11 is 1.54. The highest BCUT2D eigenvalue weighted by atomic mass is 32.1. The van der Waals surface area contributed by atoms with E-state index in [0.29, 0.717) is 19.0 Å². The Kier molecular flexibility index (Phi) is 3.18. The van der Waals surface area contributed by atoms with Crippen LogP contribution >= 0.6 is 11.3 Å². The van der Waals surface area contributed by atoms with Gasteiger partial charge in [-0.05, 0) is 24.6 Å². The molecular formula is C13H14N4OS. The number of hydrogen-bond acceptors (Lipinski definition) is 5. The summed E-state index contributed by atoms with van der Waals surface area (Å²) in [4.78, 5) is 5.26. The predicted octanol–water partition coefficient (Wildman–Crippen LogP) is 2.14. The average Bonchev–Trinajstić information content (AvgIpc) is 2.95. The summed E-state index contributed by atoms with van der Waals surface area (Å²) < 4.78 is 7.46. The van der Waals surface area contributed by atoms with Gasteiger partial charge in [-0.25, -0.2) is 4.52 Å². The van der Waals surface area contributed by atoms with E-state index in [2.05, 4.69) is 10.1 Å². The Bertz CT molecular complexity index is 704. The predicted molar refractivity (Wildman–Crippen MR) is 74.3 cm³/mol. The number of thiazole rings is 1. The molecule has 0 aliphatic heterocycles.